The molecule has 10 nitrogen and oxygen atoms in total. The fourth-order valence-electron chi connectivity index (χ4n) is 5.55. The number of amides is 2. The molecule has 2 fully saturated rings. The molecule has 0 aliphatic carbocycles. The van der Waals surface area contributed by atoms with Gasteiger partial charge in [0.2, 0.25) is 11.8 Å². The first kappa shape index (κ1) is 37.2. The van der Waals surface area contributed by atoms with Crippen LogP contribution in [0.2, 0.25) is 10.0 Å². The number of likely N-dealkylation sites (tertiary alicyclic amines) is 1. The Morgan fingerprint density at radius 3 is 1.51 bits per heavy atom. The van der Waals surface area contributed by atoms with Crippen LogP contribution in [0.1, 0.15) is 68.6 Å². The number of carbonyl (C=O) groups excluding carboxylic acids is 4. The normalized spacial score (nSPS) is 16.0. The van der Waals surface area contributed by atoms with Crippen LogP contribution in [0.3, 0.4) is 0 Å². The number of nitrogens with one attached hydrogen (secondary N) is 1. The highest BCUT2D eigenvalue weighted by Crippen LogP contribution is 2.42. The highest BCUT2D eigenvalue weighted by molar-refractivity contribution is 7.15. The van der Waals surface area contributed by atoms with Gasteiger partial charge in [-0.25, -0.2) is 9.59 Å². The minimum Gasteiger partial charge on any atom is -0.465 e. The molecule has 0 aromatic carbocycles. The molecule has 2 aliphatic heterocycles. The summed E-state index contributed by atoms with van der Waals surface area (Å²) >= 11 is 15.3. The lowest BCUT2D eigenvalue weighted by molar-refractivity contribution is -0.117. The van der Waals surface area contributed by atoms with E-state index < -0.39 is 11.9 Å². The van der Waals surface area contributed by atoms with Crippen LogP contribution in [0.15, 0.2) is 0 Å². The van der Waals surface area contributed by atoms with E-state index in [2.05, 4.69) is 17.3 Å². The zero-order valence-electron chi connectivity index (χ0n) is 27.1. The molecule has 250 valence electrons. The smallest absolute Gasteiger partial charge is 0.350 e. The SMILES string of the molecule is COC(=O)c1sc(C)c(Cl)c1N(CC1CCN(C)CC1)C(C)=O.COC(=O)c1sc(C)c(Cl)c1N(CC1CCNCC1)C(C)=O. The van der Waals surface area contributed by atoms with Crippen LogP contribution < -0.4 is 15.1 Å². The summed E-state index contributed by atoms with van der Waals surface area (Å²) in [5.41, 5.74) is 1.01. The number of nitrogens with zero attached hydrogens (tertiary/aromatic N) is 3. The standard InChI is InChI=1S/C16H23ClN2O3S.C15H21ClN2O3S/c1-10-13(17)14(15(23-10)16(21)22-4)19(11(2)20)9-12-5-7-18(3)8-6-12;1-9-12(16)13(14(22-9)15(20)21-3)18(10(2)19)8-11-4-6-17-7-5-11/h12H,5-9H2,1-4H3;11,17H,4-8H2,1-3H3. The molecular weight excluding hydrogens is 659 g/mol. The van der Waals surface area contributed by atoms with Crippen molar-refractivity contribution in [1.82, 2.24) is 10.2 Å². The zero-order chi connectivity index (χ0) is 33.4. The van der Waals surface area contributed by atoms with Crippen molar-refractivity contribution in [3.05, 3.63) is 29.6 Å². The molecule has 0 atom stereocenters. The van der Waals surface area contributed by atoms with Crippen LogP contribution in [0.4, 0.5) is 11.4 Å². The van der Waals surface area contributed by atoms with Crippen LogP contribution in [-0.2, 0) is 19.1 Å². The topological polar surface area (TPSA) is 108 Å². The maximum atomic E-state index is 12.2. The van der Waals surface area contributed by atoms with Gasteiger partial charge in [-0.3, -0.25) is 9.59 Å². The molecule has 0 unspecified atom stereocenters. The lowest BCUT2D eigenvalue weighted by atomic mass is 9.96. The molecule has 1 N–H and O–H groups in total. The van der Waals surface area contributed by atoms with Gasteiger partial charge in [0.05, 0.1) is 35.6 Å². The van der Waals surface area contributed by atoms with Gasteiger partial charge in [0.15, 0.2) is 0 Å². The monoisotopic (exact) mass is 702 g/mol. The molecule has 45 heavy (non-hydrogen) atoms. The summed E-state index contributed by atoms with van der Waals surface area (Å²) in [6.07, 6.45) is 4.10. The highest BCUT2D eigenvalue weighted by Gasteiger charge is 2.31. The van der Waals surface area contributed by atoms with Gasteiger partial charge in [0.1, 0.15) is 9.75 Å². The molecule has 0 bridgehead atoms. The van der Waals surface area contributed by atoms with Crippen molar-refractivity contribution in [1.29, 1.82) is 0 Å². The van der Waals surface area contributed by atoms with Gasteiger partial charge >= 0.3 is 11.9 Å². The molecule has 4 rings (SSSR count). The van der Waals surface area contributed by atoms with Crippen molar-refractivity contribution in [2.75, 3.05) is 70.3 Å². The Hall–Kier alpha value is -2.22. The predicted molar refractivity (Wildman–Crippen MR) is 183 cm³/mol. The van der Waals surface area contributed by atoms with E-state index in [9.17, 15) is 19.2 Å². The summed E-state index contributed by atoms with van der Waals surface area (Å²) in [5.74, 6) is -0.290. The number of halogens is 2. The molecular formula is C31H44Cl2N4O6S2. The van der Waals surface area contributed by atoms with E-state index in [1.165, 1.54) is 50.7 Å². The molecule has 2 saturated heterocycles. The van der Waals surface area contributed by atoms with Gasteiger partial charge in [-0.05, 0) is 84.6 Å². The third-order valence-corrected chi connectivity index (χ3v) is 11.5. The lowest BCUT2D eigenvalue weighted by Crippen LogP contribution is -2.39. The largest absolute Gasteiger partial charge is 0.465 e. The number of anilines is 2. The summed E-state index contributed by atoms with van der Waals surface area (Å²) in [6.45, 7) is 11.8. The Bertz CT molecular complexity index is 1370. The second-order valence-electron chi connectivity index (χ2n) is 11.5. The number of ether oxygens (including phenoxy) is 2. The van der Waals surface area contributed by atoms with Gasteiger partial charge in [-0.15, -0.1) is 22.7 Å². The minimum atomic E-state index is -0.452. The number of esters is 2. The molecule has 4 heterocycles. The number of methoxy groups -OCH3 is 2. The number of carbonyl (C=O) groups is 4. The maximum Gasteiger partial charge on any atom is 0.350 e. The van der Waals surface area contributed by atoms with Crippen molar-refractivity contribution in [3.8, 4) is 0 Å². The van der Waals surface area contributed by atoms with Crippen molar-refractivity contribution in [3.63, 3.8) is 0 Å². The second-order valence-corrected chi connectivity index (χ2v) is 14.7. The average Bonchev–Trinajstić information content (AvgIpc) is 3.48. The number of aryl methyl sites for hydroxylation is 2. The zero-order valence-corrected chi connectivity index (χ0v) is 30.2. The Balaban J connectivity index is 0.000000246. The number of rotatable bonds is 8. The quantitative estimate of drug-likeness (QED) is 0.332. The van der Waals surface area contributed by atoms with E-state index >= 15 is 0 Å². The van der Waals surface area contributed by atoms with Gasteiger partial charge < -0.3 is 29.5 Å². The Labute approximate surface area is 283 Å². The van der Waals surface area contributed by atoms with Crippen molar-refractivity contribution in [2.45, 2.75) is 53.4 Å². The fourth-order valence-corrected chi connectivity index (χ4v) is 8.22. The predicted octanol–water partition coefficient (Wildman–Crippen LogP) is 6.04. The summed E-state index contributed by atoms with van der Waals surface area (Å²) in [5, 5.41) is 4.25. The molecule has 0 saturated carbocycles. The molecule has 2 aliphatic rings. The van der Waals surface area contributed by atoms with Crippen molar-refractivity contribution in [2.24, 2.45) is 11.8 Å². The third-order valence-electron chi connectivity index (χ3n) is 8.19. The van der Waals surface area contributed by atoms with E-state index in [1.807, 2.05) is 13.8 Å². The Kier molecular flexibility index (Phi) is 14.1. The summed E-state index contributed by atoms with van der Waals surface area (Å²) in [4.78, 5) is 56.4. The van der Waals surface area contributed by atoms with Gasteiger partial charge in [-0.2, -0.15) is 0 Å². The second kappa shape index (κ2) is 17.1. The first-order chi connectivity index (χ1) is 21.3. The summed E-state index contributed by atoms with van der Waals surface area (Å²) in [6, 6.07) is 0. The Morgan fingerprint density at radius 1 is 0.778 bits per heavy atom. The molecule has 2 aromatic rings. The maximum absolute atomic E-state index is 12.2. The first-order valence-electron chi connectivity index (χ1n) is 15.0. The van der Waals surface area contributed by atoms with Crippen LogP contribution in [0, 0.1) is 25.7 Å². The molecule has 14 heteroatoms. The van der Waals surface area contributed by atoms with Crippen molar-refractivity contribution >= 4 is 81.0 Å². The van der Waals surface area contributed by atoms with Crippen LogP contribution in [0.5, 0.6) is 0 Å². The fraction of sp³-hybridized carbons (Fsp3) is 0.613. The number of hydrogen-bond donors (Lipinski definition) is 1. The van der Waals surface area contributed by atoms with E-state index in [1.54, 1.807) is 9.80 Å². The Morgan fingerprint density at radius 2 is 1.16 bits per heavy atom. The first-order valence-corrected chi connectivity index (χ1v) is 17.4. The van der Waals surface area contributed by atoms with E-state index in [0.29, 0.717) is 56.1 Å². The number of hydrogen-bond acceptors (Lipinski definition) is 10. The summed E-state index contributed by atoms with van der Waals surface area (Å²) < 4.78 is 9.68. The minimum absolute atomic E-state index is 0.103. The van der Waals surface area contributed by atoms with E-state index in [-0.39, 0.29) is 11.8 Å². The molecule has 0 radical (unpaired) electrons. The van der Waals surface area contributed by atoms with Gasteiger partial charge in [0, 0.05) is 36.7 Å². The van der Waals surface area contributed by atoms with Gasteiger partial charge in [0.25, 0.3) is 0 Å². The average molecular weight is 704 g/mol. The van der Waals surface area contributed by atoms with Crippen LogP contribution in [0.25, 0.3) is 0 Å². The van der Waals surface area contributed by atoms with Crippen LogP contribution >= 0.6 is 45.9 Å². The number of thiophene rings is 2. The van der Waals surface area contributed by atoms with Gasteiger partial charge in [-0.1, -0.05) is 23.2 Å². The highest BCUT2D eigenvalue weighted by atomic mass is 35.5. The van der Waals surface area contributed by atoms with E-state index in [0.717, 1.165) is 61.6 Å². The molecule has 2 amide bonds. The van der Waals surface area contributed by atoms with E-state index in [4.69, 9.17) is 32.7 Å². The lowest BCUT2D eigenvalue weighted by Gasteiger charge is -2.33. The molecule has 2 aromatic heterocycles. The third kappa shape index (κ3) is 9.42. The molecule has 0 spiro atoms. The number of piperidine rings is 2. The van der Waals surface area contributed by atoms with Crippen molar-refractivity contribution < 1.29 is 28.7 Å². The van der Waals surface area contributed by atoms with Crippen LogP contribution in [-0.4, -0.2) is 89.2 Å². The summed E-state index contributed by atoms with van der Waals surface area (Å²) in [7, 11) is 4.78.